The predicted molar refractivity (Wildman–Crippen MR) is 61.2 cm³/mol. The topological polar surface area (TPSA) is 20.2 Å². The number of hydrogen-bond donors (Lipinski definition) is 1. The zero-order valence-electron chi connectivity index (χ0n) is 9.59. The lowest BCUT2D eigenvalue weighted by Crippen LogP contribution is -2.19. The monoisotopic (exact) mass is 194 g/mol. The van der Waals surface area contributed by atoms with Crippen molar-refractivity contribution in [2.24, 2.45) is 5.92 Å². The molecule has 1 rings (SSSR count). The van der Waals surface area contributed by atoms with E-state index < -0.39 is 0 Å². The second-order valence-electron chi connectivity index (χ2n) is 4.41. The van der Waals surface area contributed by atoms with Crippen LogP contribution in [-0.2, 0) is 0 Å². The van der Waals surface area contributed by atoms with Crippen molar-refractivity contribution in [2.75, 3.05) is 0 Å². The van der Waals surface area contributed by atoms with Crippen LogP contribution in [0.1, 0.15) is 46.5 Å². The highest BCUT2D eigenvalue weighted by atomic mass is 16.3. The van der Waals surface area contributed by atoms with Crippen LogP contribution in [0.25, 0.3) is 0 Å². The minimum absolute atomic E-state index is 0.288. The van der Waals surface area contributed by atoms with Gasteiger partial charge < -0.3 is 5.11 Å². The predicted octanol–water partition coefficient (Wildman–Crippen LogP) is 3.45. The maximum absolute atomic E-state index is 10.0. The summed E-state index contributed by atoms with van der Waals surface area (Å²) in [4.78, 5) is 0. The van der Waals surface area contributed by atoms with Gasteiger partial charge in [0.25, 0.3) is 0 Å². The normalized spacial score (nSPS) is 20.9. The second kappa shape index (κ2) is 5.35. The lowest BCUT2D eigenvalue weighted by Gasteiger charge is -2.23. The van der Waals surface area contributed by atoms with Crippen LogP contribution in [0.2, 0.25) is 0 Å². The quantitative estimate of drug-likeness (QED) is 0.729. The summed E-state index contributed by atoms with van der Waals surface area (Å²) in [6, 6.07) is 0. The molecule has 0 aliphatic heterocycles. The van der Waals surface area contributed by atoms with Crippen LogP contribution in [0.4, 0.5) is 0 Å². The van der Waals surface area contributed by atoms with Crippen LogP contribution in [0.5, 0.6) is 0 Å². The number of allylic oxidation sites excluding steroid dienone is 2. The van der Waals surface area contributed by atoms with Crippen LogP contribution >= 0.6 is 0 Å². The molecule has 1 N–H and O–H groups in total. The molecule has 0 radical (unpaired) electrons. The summed E-state index contributed by atoms with van der Waals surface area (Å²) in [5, 5.41) is 10.0. The molecule has 0 amide bonds. The number of hydrogen-bond acceptors (Lipinski definition) is 1. The van der Waals surface area contributed by atoms with Gasteiger partial charge >= 0.3 is 0 Å². The minimum atomic E-state index is -0.288. The SMILES string of the molecule is C/C=C(\C1=CCCCC1)C(O)C(C)C. The summed E-state index contributed by atoms with van der Waals surface area (Å²) in [5.74, 6) is 0.309. The fourth-order valence-corrected chi connectivity index (χ4v) is 2.01. The van der Waals surface area contributed by atoms with E-state index in [1.807, 2.05) is 6.92 Å². The Morgan fingerprint density at radius 1 is 1.43 bits per heavy atom. The largest absolute Gasteiger partial charge is 0.388 e. The van der Waals surface area contributed by atoms with Crippen LogP contribution in [0.15, 0.2) is 23.3 Å². The molecule has 0 saturated carbocycles. The molecule has 1 aliphatic rings. The minimum Gasteiger partial charge on any atom is -0.388 e. The highest BCUT2D eigenvalue weighted by molar-refractivity contribution is 5.34. The van der Waals surface area contributed by atoms with Gasteiger partial charge in [-0.25, -0.2) is 0 Å². The molecule has 0 bridgehead atoms. The van der Waals surface area contributed by atoms with Gasteiger partial charge in [0.1, 0.15) is 0 Å². The van der Waals surface area contributed by atoms with Crippen molar-refractivity contribution in [3.8, 4) is 0 Å². The van der Waals surface area contributed by atoms with Crippen molar-refractivity contribution in [3.05, 3.63) is 23.3 Å². The molecule has 0 aromatic rings. The standard InChI is InChI=1S/C13H22O/c1-4-12(13(14)10(2)3)11-8-6-5-7-9-11/h4,8,10,13-14H,5-7,9H2,1-3H3/b12-4+. The second-order valence-corrected chi connectivity index (χ2v) is 4.41. The average molecular weight is 194 g/mol. The van der Waals surface area contributed by atoms with Gasteiger partial charge in [-0.2, -0.15) is 0 Å². The first-order valence-corrected chi connectivity index (χ1v) is 5.70. The molecular formula is C13H22O. The molecule has 14 heavy (non-hydrogen) atoms. The Bertz CT molecular complexity index is 236. The maximum Gasteiger partial charge on any atom is 0.0812 e. The summed E-state index contributed by atoms with van der Waals surface area (Å²) >= 11 is 0. The summed E-state index contributed by atoms with van der Waals surface area (Å²) in [5.41, 5.74) is 2.53. The van der Waals surface area contributed by atoms with Crippen molar-refractivity contribution >= 4 is 0 Å². The molecule has 0 aromatic carbocycles. The fourth-order valence-electron chi connectivity index (χ4n) is 2.01. The van der Waals surface area contributed by atoms with Gasteiger partial charge in [-0.15, -0.1) is 0 Å². The Morgan fingerprint density at radius 2 is 2.14 bits per heavy atom. The van der Waals surface area contributed by atoms with E-state index in [9.17, 15) is 5.11 Å². The lowest BCUT2D eigenvalue weighted by atomic mass is 9.87. The van der Waals surface area contributed by atoms with Gasteiger partial charge in [0, 0.05) is 0 Å². The molecule has 0 spiro atoms. The van der Waals surface area contributed by atoms with Crippen molar-refractivity contribution < 1.29 is 5.11 Å². The third-order valence-corrected chi connectivity index (χ3v) is 2.92. The first-order chi connectivity index (χ1) is 6.66. The Morgan fingerprint density at radius 3 is 2.57 bits per heavy atom. The van der Waals surface area contributed by atoms with Gasteiger partial charge in [0.05, 0.1) is 6.10 Å². The van der Waals surface area contributed by atoms with E-state index in [4.69, 9.17) is 0 Å². The maximum atomic E-state index is 10.0. The van der Waals surface area contributed by atoms with E-state index in [0.29, 0.717) is 5.92 Å². The van der Waals surface area contributed by atoms with Crippen molar-refractivity contribution in [1.82, 2.24) is 0 Å². The summed E-state index contributed by atoms with van der Waals surface area (Å²) in [6.45, 7) is 6.16. The van der Waals surface area contributed by atoms with Crippen LogP contribution in [0.3, 0.4) is 0 Å². The van der Waals surface area contributed by atoms with Crippen molar-refractivity contribution in [2.45, 2.75) is 52.6 Å². The van der Waals surface area contributed by atoms with E-state index in [1.54, 1.807) is 0 Å². The summed E-state index contributed by atoms with van der Waals surface area (Å²) in [7, 11) is 0. The van der Waals surface area contributed by atoms with E-state index in [0.717, 1.165) is 12.0 Å². The Balaban J connectivity index is 2.76. The van der Waals surface area contributed by atoms with Crippen LogP contribution in [0, 0.1) is 5.92 Å². The lowest BCUT2D eigenvalue weighted by molar-refractivity contribution is 0.161. The van der Waals surface area contributed by atoms with E-state index >= 15 is 0 Å². The molecule has 0 fully saturated rings. The van der Waals surface area contributed by atoms with Gasteiger partial charge in [-0.1, -0.05) is 26.0 Å². The highest BCUT2D eigenvalue weighted by Crippen LogP contribution is 2.28. The number of rotatable bonds is 3. The molecule has 1 unspecified atom stereocenters. The molecule has 80 valence electrons. The van der Waals surface area contributed by atoms with Crippen molar-refractivity contribution in [1.29, 1.82) is 0 Å². The number of aliphatic hydroxyl groups is 1. The van der Waals surface area contributed by atoms with Gasteiger partial charge in [0.15, 0.2) is 0 Å². The van der Waals surface area contributed by atoms with E-state index in [2.05, 4.69) is 26.0 Å². The molecule has 1 nitrogen and oxygen atoms in total. The summed E-state index contributed by atoms with van der Waals surface area (Å²) in [6.07, 6.45) is 8.98. The van der Waals surface area contributed by atoms with E-state index in [1.165, 1.54) is 24.8 Å². The number of aliphatic hydroxyl groups excluding tert-OH is 1. The molecule has 1 atom stereocenters. The smallest absolute Gasteiger partial charge is 0.0812 e. The third-order valence-electron chi connectivity index (χ3n) is 2.92. The Labute approximate surface area is 87.5 Å². The Kier molecular flexibility index (Phi) is 4.40. The van der Waals surface area contributed by atoms with E-state index in [-0.39, 0.29) is 6.10 Å². The zero-order chi connectivity index (χ0) is 10.6. The molecule has 0 heterocycles. The van der Waals surface area contributed by atoms with Crippen LogP contribution in [-0.4, -0.2) is 11.2 Å². The molecule has 1 heteroatoms. The van der Waals surface area contributed by atoms with Gasteiger partial charge in [-0.05, 0) is 49.7 Å². The summed E-state index contributed by atoms with van der Waals surface area (Å²) < 4.78 is 0. The molecule has 0 aromatic heterocycles. The van der Waals surface area contributed by atoms with Crippen LogP contribution < -0.4 is 0 Å². The first-order valence-electron chi connectivity index (χ1n) is 5.70. The third kappa shape index (κ3) is 2.71. The zero-order valence-corrected chi connectivity index (χ0v) is 9.59. The first kappa shape index (κ1) is 11.5. The molecule has 1 aliphatic carbocycles. The average Bonchev–Trinajstić information content (AvgIpc) is 2.20. The fraction of sp³-hybridized carbons (Fsp3) is 0.692. The highest BCUT2D eigenvalue weighted by Gasteiger charge is 2.18. The van der Waals surface area contributed by atoms with Gasteiger partial charge in [0.2, 0.25) is 0 Å². The van der Waals surface area contributed by atoms with Crippen molar-refractivity contribution in [3.63, 3.8) is 0 Å². The Hall–Kier alpha value is -0.560. The molecular weight excluding hydrogens is 172 g/mol. The van der Waals surface area contributed by atoms with Gasteiger partial charge in [-0.3, -0.25) is 0 Å². The molecule has 0 saturated heterocycles.